The van der Waals surface area contributed by atoms with Gasteiger partial charge in [-0.2, -0.15) is 0 Å². The van der Waals surface area contributed by atoms with Crippen LogP contribution in [0, 0.1) is 0 Å². The van der Waals surface area contributed by atoms with Gasteiger partial charge in [0.15, 0.2) is 0 Å². The van der Waals surface area contributed by atoms with Gasteiger partial charge in [-0.25, -0.2) is 8.42 Å². The average molecular weight is 266 g/mol. The van der Waals surface area contributed by atoms with E-state index in [1.165, 1.54) is 13.4 Å². The van der Waals surface area contributed by atoms with Gasteiger partial charge in [0.2, 0.25) is 0 Å². The van der Waals surface area contributed by atoms with Crippen molar-refractivity contribution in [1.82, 2.24) is 4.90 Å². The van der Waals surface area contributed by atoms with E-state index in [1.807, 2.05) is 4.90 Å². The minimum absolute atomic E-state index is 0.100. The highest BCUT2D eigenvalue weighted by Gasteiger charge is 2.29. The topological polar surface area (TPSA) is 89.7 Å². The van der Waals surface area contributed by atoms with E-state index in [1.54, 1.807) is 14.0 Å². The number of rotatable bonds is 7. The van der Waals surface area contributed by atoms with Gasteiger partial charge in [-0.15, -0.1) is 0 Å². The van der Waals surface area contributed by atoms with Crippen molar-refractivity contribution in [3.63, 3.8) is 0 Å². The first-order valence-corrected chi connectivity index (χ1v) is 7.38. The normalized spacial score (nSPS) is 15.6. The van der Waals surface area contributed by atoms with Gasteiger partial charge in [-0.05, 0) is 20.4 Å². The van der Waals surface area contributed by atoms with Gasteiger partial charge in [-0.3, -0.25) is 4.79 Å². The minimum atomic E-state index is -2.96. The highest BCUT2D eigenvalue weighted by molar-refractivity contribution is 7.90. The summed E-state index contributed by atoms with van der Waals surface area (Å²) in [5.74, 6) is -0.364. The van der Waals surface area contributed by atoms with Crippen molar-refractivity contribution in [2.24, 2.45) is 5.73 Å². The van der Waals surface area contributed by atoms with Crippen LogP contribution in [0.4, 0.5) is 0 Å². The van der Waals surface area contributed by atoms with E-state index in [2.05, 4.69) is 4.74 Å². The number of methoxy groups -OCH3 is 1. The number of carbonyl (C=O) groups excluding carboxylic acids is 1. The van der Waals surface area contributed by atoms with Crippen molar-refractivity contribution in [1.29, 1.82) is 0 Å². The average Bonchev–Trinajstić information content (AvgIpc) is 2.21. The lowest BCUT2D eigenvalue weighted by Crippen LogP contribution is -2.48. The van der Waals surface area contributed by atoms with Gasteiger partial charge < -0.3 is 15.4 Å². The second kappa shape index (κ2) is 6.32. The molecular weight excluding hydrogens is 244 g/mol. The molecule has 102 valence electrons. The number of sulfone groups is 1. The van der Waals surface area contributed by atoms with E-state index in [0.717, 1.165) is 0 Å². The molecule has 0 saturated carbocycles. The van der Waals surface area contributed by atoms with Crippen LogP contribution in [0.25, 0.3) is 0 Å². The van der Waals surface area contributed by atoms with Crippen molar-refractivity contribution in [3.05, 3.63) is 0 Å². The minimum Gasteiger partial charge on any atom is -0.468 e. The standard InChI is InChI=1S/C10H22N2O4S/c1-10(11,9(13)16-3)5-6-12(2)7-8-17(4,14)15/h5-8,11H2,1-4H3. The molecule has 1 atom stereocenters. The Morgan fingerprint density at radius 2 is 1.94 bits per heavy atom. The third-order valence-electron chi connectivity index (χ3n) is 2.51. The molecule has 0 aliphatic heterocycles. The smallest absolute Gasteiger partial charge is 0.325 e. The molecule has 0 amide bonds. The van der Waals surface area contributed by atoms with E-state index in [4.69, 9.17) is 5.73 Å². The molecule has 7 heteroatoms. The van der Waals surface area contributed by atoms with Gasteiger partial charge in [0.1, 0.15) is 15.4 Å². The number of hydrogen-bond donors (Lipinski definition) is 1. The zero-order valence-electron chi connectivity index (χ0n) is 10.9. The van der Waals surface area contributed by atoms with Crippen LogP contribution < -0.4 is 5.73 Å². The summed E-state index contributed by atoms with van der Waals surface area (Å²) in [7, 11) is 0.124. The Morgan fingerprint density at radius 1 is 1.41 bits per heavy atom. The molecule has 17 heavy (non-hydrogen) atoms. The Hall–Kier alpha value is -0.660. The summed E-state index contributed by atoms with van der Waals surface area (Å²) in [6.07, 6.45) is 1.61. The quantitative estimate of drug-likeness (QED) is 0.609. The predicted molar refractivity (Wildman–Crippen MR) is 66.4 cm³/mol. The van der Waals surface area contributed by atoms with Gasteiger partial charge in [0, 0.05) is 19.3 Å². The maximum atomic E-state index is 11.3. The Kier molecular flexibility index (Phi) is 6.08. The fourth-order valence-corrected chi connectivity index (χ4v) is 1.84. The zero-order valence-corrected chi connectivity index (χ0v) is 11.7. The maximum absolute atomic E-state index is 11.3. The van der Waals surface area contributed by atoms with E-state index in [-0.39, 0.29) is 5.75 Å². The predicted octanol–water partition coefficient (Wildman–Crippen LogP) is -0.757. The lowest BCUT2D eigenvalue weighted by Gasteiger charge is -2.24. The van der Waals surface area contributed by atoms with Crippen molar-refractivity contribution < 1.29 is 17.9 Å². The van der Waals surface area contributed by atoms with Crippen LogP contribution in [0.5, 0.6) is 0 Å². The molecule has 0 aromatic heterocycles. The number of nitrogens with zero attached hydrogens (tertiary/aromatic N) is 1. The molecule has 0 aliphatic carbocycles. The van der Waals surface area contributed by atoms with E-state index in [9.17, 15) is 13.2 Å². The lowest BCUT2D eigenvalue weighted by molar-refractivity contribution is -0.146. The van der Waals surface area contributed by atoms with Gasteiger partial charge in [0.25, 0.3) is 0 Å². The van der Waals surface area contributed by atoms with Gasteiger partial charge >= 0.3 is 5.97 Å². The lowest BCUT2D eigenvalue weighted by atomic mass is 9.99. The fraction of sp³-hybridized carbons (Fsp3) is 0.900. The van der Waals surface area contributed by atoms with Crippen LogP contribution in [0.3, 0.4) is 0 Å². The van der Waals surface area contributed by atoms with Crippen molar-refractivity contribution >= 4 is 15.8 Å². The summed E-state index contributed by atoms with van der Waals surface area (Å²) in [5, 5.41) is 0. The number of ether oxygens (including phenoxy) is 1. The van der Waals surface area contributed by atoms with Crippen LogP contribution >= 0.6 is 0 Å². The summed E-state index contributed by atoms with van der Waals surface area (Å²) in [6, 6.07) is 0. The zero-order chi connectivity index (χ0) is 13.7. The first kappa shape index (κ1) is 16.3. The molecule has 0 radical (unpaired) electrons. The van der Waals surface area contributed by atoms with Gasteiger partial charge in [-0.1, -0.05) is 0 Å². The van der Waals surface area contributed by atoms with Crippen molar-refractivity contribution in [2.75, 3.05) is 39.3 Å². The molecule has 0 saturated heterocycles. The number of nitrogens with two attached hydrogens (primary N) is 1. The van der Waals surface area contributed by atoms with Crippen LogP contribution in [0.1, 0.15) is 13.3 Å². The van der Waals surface area contributed by atoms with E-state index >= 15 is 0 Å². The van der Waals surface area contributed by atoms with Crippen LogP contribution in [-0.4, -0.2) is 64.1 Å². The molecule has 0 bridgehead atoms. The summed E-state index contributed by atoms with van der Waals surface area (Å²) in [6.45, 7) is 2.57. The number of carbonyl (C=O) groups is 1. The van der Waals surface area contributed by atoms with Crippen molar-refractivity contribution in [2.45, 2.75) is 18.9 Å². The Bertz CT molecular complexity index is 351. The fourth-order valence-electron chi connectivity index (χ4n) is 1.19. The summed E-state index contributed by atoms with van der Waals surface area (Å²) in [4.78, 5) is 13.1. The molecule has 2 N–H and O–H groups in total. The maximum Gasteiger partial charge on any atom is 0.325 e. The highest BCUT2D eigenvalue weighted by Crippen LogP contribution is 2.08. The monoisotopic (exact) mass is 266 g/mol. The third kappa shape index (κ3) is 7.30. The van der Waals surface area contributed by atoms with Crippen LogP contribution in [0.15, 0.2) is 0 Å². The Labute approximate surface area is 103 Å². The first-order chi connectivity index (χ1) is 7.58. The summed E-state index contributed by atoms with van der Waals surface area (Å²) in [5.41, 5.74) is 4.75. The molecule has 0 heterocycles. The molecule has 0 aromatic carbocycles. The molecule has 0 spiro atoms. The van der Waals surface area contributed by atoms with E-state index < -0.39 is 21.3 Å². The SMILES string of the molecule is COC(=O)C(C)(N)CCN(C)CCS(C)(=O)=O. The van der Waals surface area contributed by atoms with Crippen molar-refractivity contribution in [3.8, 4) is 0 Å². The molecule has 0 aliphatic rings. The van der Waals surface area contributed by atoms with E-state index in [0.29, 0.717) is 19.5 Å². The second-order valence-electron chi connectivity index (χ2n) is 4.59. The molecule has 6 nitrogen and oxygen atoms in total. The second-order valence-corrected chi connectivity index (χ2v) is 6.85. The third-order valence-corrected chi connectivity index (χ3v) is 3.43. The molecule has 1 unspecified atom stereocenters. The van der Waals surface area contributed by atoms with Crippen LogP contribution in [0.2, 0.25) is 0 Å². The molecule has 0 fully saturated rings. The molecule has 0 aromatic rings. The Morgan fingerprint density at radius 3 is 2.35 bits per heavy atom. The Balaban J connectivity index is 4.07. The molecule has 0 rings (SSSR count). The van der Waals surface area contributed by atoms with Crippen LogP contribution in [-0.2, 0) is 19.4 Å². The number of esters is 1. The number of hydrogen-bond acceptors (Lipinski definition) is 6. The highest BCUT2D eigenvalue weighted by atomic mass is 32.2. The van der Waals surface area contributed by atoms with Gasteiger partial charge in [0.05, 0.1) is 12.9 Å². The summed E-state index contributed by atoms with van der Waals surface area (Å²) >= 11 is 0. The summed E-state index contributed by atoms with van der Waals surface area (Å²) < 4.78 is 26.5. The first-order valence-electron chi connectivity index (χ1n) is 5.32. The largest absolute Gasteiger partial charge is 0.468 e. The molecular formula is C10H22N2O4S.